The first-order valence-electron chi connectivity index (χ1n) is 7.73. The van der Waals surface area contributed by atoms with E-state index in [1.54, 1.807) is 35.6 Å². The molecule has 1 aliphatic rings. The number of hydrogen-bond acceptors (Lipinski definition) is 7. The third kappa shape index (κ3) is 4.28. The summed E-state index contributed by atoms with van der Waals surface area (Å²) in [6, 6.07) is 12.8. The lowest BCUT2D eigenvalue weighted by Crippen LogP contribution is -2.46. The molecular formula is C17H17N5O4. The van der Waals surface area contributed by atoms with Crippen LogP contribution in [0.4, 0.5) is 11.4 Å². The number of nitrogens with zero attached hydrogens (tertiary/aromatic N) is 3. The van der Waals surface area contributed by atoms with Gasteiger partial charge in [-0.3, -0.25) is 15.4 Å². The molecule has 9 heteroatoms. The van der Waals surface area contributed by atoms with Gasteiger partial charge in [0.15, 0.2) is 0 Å². The van der Waals surface area contributed by atoms with Gasteiger partial charge < -0.3 is 15.6 Å². The first kappa shape index (κ1) is 17.2. The fourth-order valence-electron chi connectivity index (χ4n) is 2.36. The van der Waals surface area contributed by atoms with Crippen LogP contribution in [0.2, 0.25) is 0 Å². The molecule has 0 amide bonds. The van der Waals surface area contributed by atoms with E-state index < -0.39 is 11.9 Å². The number of carbonyl (C=O) groups is 2. The summed E-state index contributed by atoms with van der Waals surface area (Å²) in [7, 11) is 0. The maximum atomic E-state index is 10.9. The average molecular weight is 355 g/mol. The summed E-state index contributed by atoms with van der Waals surface area (Å²) in [6.45, 7) is 0.891. The molecule has 0 radical (unpaired) electrons. The van der Waals surface area contributed by atoms with E-state index >= 15 is 0 Å². The highest BCUT2D eigenvalue weighted by atomic mass is 16.4. The largest absolute Gasteiger partial charge is 0.478 e. The van der Waals surface area contributed by atoms with Crippen LogP contribution in [0.3, 0.4) is 0 Å². The second-order valence-electron chi connectivity index (χ2n) is 5.58. The first-order chi connectivity index (χ1) is 12.5. The number of benzene rings is 2. The van der Waals surface area contributed by atoms with Crippen molar-refractivity contribution in [2.45, 2.75) is 0 Å². The van der Waals surface area contributed by atoms with E-state index in [1.165, 1.54) is 24.3 Å². The second kappa shape index (κ2) is 7.53. The van der Waals surface area contributed by atoms with Crippen molar-refractivity contribution in [1.29, 1.82) is 0 Å². The molecule has 0 aliphatic carbocycles. The highest BCUT2D eigenvalue weighted by Gasteiger charge is 2.14. The maximum absolute atomic E-state index is 10.9. The molecule has 26 heavy (non-hydrogen) atoms. The molecule has 0 atom stereocenters. The third-order valence-corrected chi connectivity index (χ3v) is 3.62. The molecule has 1 heterocycles. The Hall–Kier alpha value is -3.59. The van der Waals surface area contributed by atoms with E-state index in [0.717, 1.165) is 11.4 Å². The monoisotopic (exact) mass is 355 g/mol. The zero-order chi connectivity index (χ0) is 18.5. The number of carboxylic acids is 2. The van der Waals surface area contributed by atoms with Crippen LogP contribution in [0.5, 0.6) is 0 Å². The number of rotatable bonds is 6. The summed E-state index contributed by atoms with van der Waals surface area (Å²) < 4.78 is 0. The number of nitrogens with one attached hydrogen (secondary N) is 2. The minimum Gasteiger partial charge on any atom is -0.478 e. The highest BCUT2D eigenvalue weighted by molar-refractivity contribution is 5.88. The number of hydrogen-bond donors (Lipinski definition) is 4. The smallest absolute Gasteiger partial charge is 0.335 e. The van der Waals surface area contributed by atoms with E-state index in [4.69, 9.17) is 10.2 Å². The Kier molecular flexibility index (Phi) is 4.99. The lowest BCUT2D eigenvalue weighted by molar-refractivity contribution is 0.0686. The van der Waals surface area contributed by atoms with Crippen LogP contribution in [0, 0.1) is 0 Å². The molecule has 134 valence electrons. The van der Waals surface area contributed by atoms with Gasteiger partial charge in [0, 0.05) is 5.69 Å². The quantitative estimate of drug-likeness (QED) is 0.621. The standard InChI is InChI=1S/C17H17N5O4/c23-16(24)12-1-5-14(6-2-12)19-21-9-18-10-22(11-21)20-15-7-3-13(4-8-15)17(25)26/h1-9,19-20H,10-11H2,(H,23,24)(H,25,26). The van der Waals surface area contributed by atoms with Crippen molar-refractivity contribution in [3.63, 3.8) is 0 Å². The van der Waals surface area contributed by atoms with Crippen LogP contribution in [0.25, 0.3) is 0 Å². The molecule has 1 aliphatic heterocycles. The van der Waals surface area contributed by atoms with Gasteiger partial charge in [0.2, 0.25) is 0 Å². The summed E-state index contributed by atoms with van der Waals surface area (Å²) in [5.41, 5.74) is 8.19. The van der Waals surface area contributed by atoms with Crippen LogP contribution in [-0.4, -0.2) is 51.8 Å². The van der Waals surface area contributed by atoms with Crippen LogP contribution in [0.1, 0.15) is 20.7 Å². The van der Waals surface area contributed by atoms with E-state index in [1.807, 2.05) is 5.01 Å². The molecule has 0 saturated heterocycles. The normalized spacial score (nSPS) is 14.1. The first-order valence-corrected chi connectivity index (χ1v) is 7.73. The summed E-state index contributed by atoms with van der Waals surface area (Å²) >= 11 is 0. The van der Waals surface area contributed by atoms with Crippen molar-refractivity contribution in [3.05, 3.63) is 59.7 Å². The fourth-order valence-corrected chi connectivity index (χ4v) is 2.36. The van der Waals surface area contributed by atoms with Crippen molar-refractivity contribution in [2.24, 2.45) is 4.99 Å². The van der Waals surface area contributed by atoms with Crippen molar-refractivity contribution >= 4 is 29.7 Å². The summed E-state index contributed by atoms with van der Waals surface area (Å²) in [4.78, 5) is 26.0. The van der Waals surface area contributed by atoms with Gasteiger partial charge in [-0.25, -0.2) is 9.59 Å². The molecule has 0 aromatic heterocycles. The van der Waals surface area contributed by atoms with E-state index in [0.29, 0.717) is 13.3 Å². The van der Waals surface area contributed by atoms with Crippen LogP contribution in [0.15, 0.2) is 53.5 Å². The highest BCUT2D eigenvalue weighted by Crippen LogP contribution is 2.14. The lowest BCUT2D eigenvalue weighted by atomic mass is 10.2. The number of aliphatic imine (C=N–C) groups is 1. The zero-order valence-electron chi connectivity index (χ0n) is 13.7. The zero-order valence-corrected chi connectivity index (χ0v) is 13.7. The van der Waals surface area contributed by atoms with Crippen molar-refractivity contribution in [3.8, 4) is 0 Å². The number of carboxylic acid groups (broad SMARTS) is 2. The van der Waals surface area contributed by atoms with E-state index in [9.17, 15) is 9.59 Å². The third-order valence-electron chi connectivity index (χ3n) is 3.62. The van der Waals surface area contributed by atoms with Crippen molar-refractivity contribution in [1.82, 2.24) is 10.0 Å². The van der Waals surface area contributed by atoms with Gasteiger partial charge >= 0.3 is 11.9 Å². The summed E-state index contributed by atoms with van der Waals surface area (Å²) in [5, 5.41) is 21.4. The Bertz CT molecular complexity index is 820. The summed E-state index contributed by atoms with van der Waals surface area (Å²) in [5.74, 6) is -1.94. The van der Waals surface area contributed by atoms with Gasteiger partial charge in [-0.15, -0.1) is 0 Å². The second-order valence-corrected chi connectivity index (χ2v) is 5.58. The maximum Gasteiger partial charge on any atom is 0.335 e. The molecule has 3 rings (SSSR count). The average Bonchev–Trinajstić information content (AvgIpc) is 2.63. The van der Waals surface area contributed by atoms with Gasteiger partial charge in [0.1, 0.15) is 19.7 Å². The Morgan fingerprint density at radius 3 is 1.85 bits per heavy atom. The predicted octanol–water partition coefficient (Wildman–Crippen LogP) is 2.00. The summed E-state index contributed by atoms with van der Waals surface area (Å²) in [6.07, 6.45) is 1.65. The van der Waals surface area contributed by atoms with Gasteiger partial charge in [0.05, 0.1) is 16.8 Å². The molecule has 4 N–H and O–H groups in total. The Labute approximate surface area is 149 Å². The molecule has 0 bridgehead atoms. The van der Waals surface area contributed by atoms with Crippen LogP contribution < -0.4 is 10.9 Å². The Morgan fingerprint density at radius 1 is 0.846 bits per heavy atom. The van der Waals surface area contributed by atoms with Gasteiger partial charge in [-0.05, 0) is 48.5 Å². The predicted molar refractivity (Wildman–Crippen MR) is 96.0 cm³/mol. The fraction of sp³-hybridized carbons (Fsp3) is 0.118. The molecule has 0 unspecified atom stereocenters. The van der Waals surface area contributed by atoms with Crippen molar-refractivity contribution in [2.75, 3.05) is 24.2 Å². The minimum atomic E-state index is -0.972. The molecule has 2 aromatic carbocycles. The molecule has 0 fully saturated rings. The lowest BCUT2D eigenvalue weighted by Gasteiger charge is -2.32. The van der Waals surface area contributed by atoms with Crippen LogP contribution in [-0.2, 0) is 0 Å². The van der Waals surface area contributed by atoms with Gasteiger partial charge in [-0.2, -0.15) is 5.01 Å². The Balaban J connectivity index is 1.58. The van der Waals surface area contributed by atoms with E-state index in [-0.39, 0.29) is 11.1 Å². The number of aromatic carboxylic acids is 2. The number of anilines is 2. The minimum absolute atomic E-state index is 0.218. The SMILES string of the molecule is O=C(O)c1ccc(NN2C=NCN(Nc3ccc(C(=O)O)cc3)C2)cc1. The molecule has 9 nitrogen and oxygen atoms in total. The molecule has 0 spiro atoms. The molecule has 2 aromatic rings. The van der Waals surface area contributed by atoms with Gasteiger partial charge in [0.25, 0.3) is 0 Å². The Morgan fingerprint density at radius 2 is 1.35 bits per heavy atom. The molecule has 0 saturated carbocycles. The number of hydrazine groups is 2. The topological polar surface area (TPSA) is 118 Å². The van der Waals surface area contributed by atoms with E-state index in [2.05, 4.69) is 15.8 Å². The molecular weight excluding hydrogens is 338 g/mol. The van der Waals surface area contributed by atoms with Crippen molar-refractivity contribution < 1.29 is 19.8 Å². The van der Waals surface area contributed by atoms with Gasteiger partial charge in [-0.1, -0.05) is 0 Å². The van der Waals surface area contributed by atoms with Crippen LogP contribution >= 0.6 is 0 Å².